The highest BCUT2D eigenvalue weighted by Crippen LogP contribution is 2.29. The molecule has 26 heavy (non-hydrogen) atoms. The number of nitro benzene ring substituents is 1. The molecule has 0 aliphatic rings. The highest BCUT2D eigenvalue weighted by Gasteiger charge is 2.23. The van der Waals surface area contributed by atoms with E-state index in [1.165, 1.54) is 12.1 Å². The first-order valence-corrected chi connectivity index (χ1v) is 7.87. The summed E-state index contributed by atoms with van der Waals surface area (Å²) in [5.74, 6) is -1.21. The van der Waals surface area contributed by atoms with Crippen LogP contribution in [-0.2, 0) is 16.1 Å². The van der Waals surface area contributed by atoms with E-state index in [2.05, 4.69) is 5.32 Å². The first-order chi connectivity index (χ1) is 12.4. The van der Waals surface area contributed by atoms with E-state index >= 15 is 0 Å². The van der Waals surface area contributed by atoms with Gasteiger partial charge in [0.1, 0.15) is 6.61 Å². The van der Waals surface area contributed by atoms with Gasteiger partial charge < -0.3 is 15.2 Å². The topological polar surface area (TPSA) is 119 Å². The van der Waals surface area contributed by atoms with E-state index in [1.54, 1.807) is 24.3 Å². The van der Waals surface area contributed by atoms with Crippen LogP contribution in [0.4, 0.5) is 10.5 Å². The van der Waals surface area contributed by atoms with Gasteiger partial charge in [0.15, 0.2) is 0 Å². The van der Waals surface area contributed by atoms with Gasteiger partial charge in [-0.15, -0.1) is 0 Å². The molecule has 1 amide bonds. The zero-order valence-corrected chi connectivity index (χ0v) is 14.2. The van der Waals surface area contributed by atoms with E-state index < -0.39 is 29.4 Å². The third kappa shape index (κ3) is 5.45. The average Bonchev–Trinajstić information content (AvgIpc) is 2.60. The first kappa shape index (κ1) is 19.2. The van der Waals surface area contributed by atoms with Crippen molar-refractivity contribution in [2.24, 2.45) is 0 Å². The number of carboxylic acid groups (broad SMARTS) is 1. The molecule has 0 bridgehead atoms. The van der Waals surface area contributed by atoms with E-state index in [0.29, 0.717) is 0 Å². The standard InChI is InChI=1S/C17H15ClN2O6/c18-14-7-6-12(20(24)25)8-13(14)15(9-16(21)22)19-17(23)26-10-11-4-2-1-3-5-11/h1-8,15H,9-10H2,(H,19,23)(H,21,22)/t15-/m0/s1. The number of non-ortho nitro benzene ring substituents is 1. The van der Waals surface area contributed by atoms with Gasteiger partial charge >= 0.3 is 12.1 Å². The fourth-order valence-corrected chi connectivity index (χ4v) is 2.48. The minimum atomic E-state index is -1.21. The van der Waals surface area contributed by atoms with Crippen LogP contribution in [0.3, 0.4) is 0 Å². The van der Waals surface area contributed by atoms with Gasteiger partial charge in [0.25, 0.3) is 5.69 Å². The number of nitrogens with one attached hydrogen (secondary N) is 1. The van der Waals surface area contributed by atoms with Crippen LogP contribution in [-0.4, -0.2) is 22.1 Å². The third-order valence-electron chi connectivity index (χ3n) is 3.45. The highest BCUT2D eigenvalue weighted by molar-refractivity contribution is 6.31. The van der Waals surface area contributed by atoms with Crippen LogP contribution < -0.4 is 5.32 Å². The van der Waals surface area contributed by atoms with Crippen LogP contribution in [0, 0.1) is 10.1 Å². The van der Waals surface area contributed by atoms with Crippen LogP contribution in [0.5, 0.6) is 0 Å². The summed E-state index contributed by atoms with van der Waals surface area (Å²) in [6.45, 7) is -0.00483. The minimum absolute atomic E-state index is 0.00483. The average molecular weight is 379 g/mol. The number of alkyl carbamates (subject to hydrolysis) is 1. The Morgan fingerprint density at radius 3 is 2.54 bits per heavy atom. The lowest BCUT2D eigenvalue weighted by atomic mass is 10.0. The summed E-state index contributed by atoms with van der Waals surface area (Å²) >= 11 is 6.03. The maximum atomic E-state index is 12.0. The molecule has 9 heteroatoms. The smallest absolute Gasteiger partial charge is 0.407 e. The van der Waals surface area contributed by atoms with Crippen molar-refractivity contribution in [2.45, 2.75) is 19.1 Å². The summed E-state index contributed by atoms with van der Waals surface area (Å²) in [6, 6.07) is 11.4. The number of hydrogen-bond donors (Lipinski definition) is 2. The van der Waals surface area contributed by atoms with E-state index in [9.17, 15) is 19.7 Å². The molecule has 0 spiro atoms. The fourth-order valence-electron chi connectivity index (χ4n) is 2.23. The molecule has 0 aromatic heterocycles. The number of nitrogens with zero attached hydrogens (tertiary/aromatic N) is 1. The molecule has 0 aliphatic heterocycles. The van der Waals surface area contributed by atoms with E-state index in [-0.39, 0.29) is 22.9 Å². The highest BCUT2D eigenvalue weighted by atomic mass is 35.5. The van der Waals surface area contributed by atoms with Crippen LogP contribution in [0.2, 0.25) is 5.02 Å². The predicted molar refractivity (Wildman–Crippen MR) is 92.9 cm³/mol. The van der Waals surface area contributed by atoms with Crippen molar-refractivity contribution in [3.8, 4) is 0 Å². The Morgan fingerprint density at radius 2 is 1.92 bits per heavy atom. The van der Waals surface area contributed by atoms with Gasteiger partial charge in [-0.2, -0.15) is 0 Å². The van der Waals surface area contributed by atoms with E-state index in [1.807, 2.05) is 6.07 Å². The number of carbonyl (C=O) groups excluding carboxylic acids is 1. The Bertz CT molecular complexity index is 812. The molecule has 0 heterocycles. The molecule has 0 unspecified atom stereocenters. The molecular formula is C17H15ClN2O6. The number of amides is 1. The van der Waals surface area contributed by atoms with Crippen molar-refractivity contribution in [3.63, 3.8) is 0 Å². The lowest BCUT2D eigenvalue weighted by molar-refractivity contribution is -0.384. The second-order valence-corrected chi connectivity index (χ2v) is 5.73. The molecular weight excluding hydrogens is 364 g/mol. The molecule has 0 saturated carbocycles. The zero-order valence-electron chi connectivity index (χ0n) is 13.4. The van der Waals surface area contributed by atoms with E-state index in [4.69, 9.17) is 21.4 Å². The summed E-state index contributed by atoms with van der Waals surface area (Å²) in [5, 5.41) is 22.5. The summed E-state index contributed by atoms with van der Waals surface area (Å²) < 4.78 is 5.06. The zero-order chi connectivity index (χ0) is 19.1. The maximum absolute atomic E-state index is 12.0. The molecule has 1 atom stereocenters. The summed E-state index contributed by atoms with van der Waals surface area (Å²) in [4.78, 5) is 33.4. The van der Waals surface area contributed by atoms with Gasteiger partial charge in [-0.25, -0.2) is 4.79 Å². The molecule has 0 saturated heterocycles. The van der Waals surface area contributed by atoms with Crippen molar-refractivity contribution in [1.29, 1.82) is 0 Å². The van der Waals surface area contributed by atoms with Crippen molar-refractivity contribution in [3.05, 3.63) is 74.8 Å². The Morgan fingerprint density at radius 1 is 1.23 bits per heavy atom. The van der Waals surface area contributed by atoms with Gasteiger partial charge in [0.05, 0.1) is 17.4 Å². The molecule has 2 rings (SSSR count). The Kier molecular flexibility index (Phi) is 6.51. The van der Waals surface area contributed by atoms with Crippen LogP contribution >= 0.6 is 11.6 Å². The monoisotopic (exact) mass is 378 g/mol. The largest absolute Gasteiger partial charge is 0.481 e. The minimum Gasteiger partial charge on any atom is -0.481 e. The molecule has 8 nitrogen and oxygen atoms in total. The molecule has 2 aromatic carbocycles. The first-order valence-electron chi connectivity index (χ1n) is 7.49. The molecule has 136 valence electrons. The predicted octanol–water partition coefficient (Wildman–Crippen LogP) is 3.69. The summed E-state index contributed by atoms with van der Waals surface area (Å²) in [6.07, 6.45) is -1.37. The number of halogens is 1. The number of aliphatic carboxylic acids is 1. The number of carbonyl (C=O) groups is 2. The number of ether oxygens (including phenoxy) is 1. The Hall–Kier alpha value is -3.13. The maximum Gasteiger partial charge on any atom is 0.407 e. The van der Waals surface area contributed by atoms with Gasteiger partial charge in [-0.3, -0.25) is 14.9 Å². The molecule has 0 fully saturated rings. The molecule has 2 N–H and O–H groups in total. The van der Waals surface area contributed by atoms with Crippen LogP contribution in [0.15, 0.2) is 48.5 Å². The molecule has 2 aromatic rings. The van der Waals surface area contributed by atoms with Gasteiger partial charge in [0.2, 0.25) is 0 Å². The molecule has 0 aliphatic carbocycles. The number of rotatable bonds is 7. The van der Waals surface area contributed by atoms with Crippen molar-refractivity contribution in [2.75, 3.05) is 0 Å². The number of nitro groups is 1. The second kappa shape index (κ2) is 8.82. The Balaban J connectivity index is 2.14. The van der Waals surface area contributed by atoms with Crippen LogP contribution in [0.25, 0.3) is 0 Å². The Labute approximate surface area is 153 Å². The van der Waals surface area contributed by atoms with Crippen molar-refractivity contribution < 1.29 is 24.4 Å². The summed E-state index contributed by atoms with van der Waals surface area (Å²) in [7, 11) is 0. The SMILES string of the molecule is O=C(O)C[C@H](NC(=O)OCc1ccccc1)c1cc([N+](=O)[O-])ccc1Cl. The summed E-state index contributed by atoms with van der Waals surface area (Å²) in [5.41, 5.74) is 0.616. The van der Waals surface area contributed by atoms with Crippen LogP contribution in [0.1, 0.15) is 23.6 Å². The lowest BCUT2D eigenvalue weighted by Gasteiger charge is -2.18. The number of benzene rings is 2. The van der Waals surface area contributed by atoms with E-state index in [0.717, 1.165) is 11.6 Å². The van der Waals surface area contributed by atoms with Gasteiger partial charge in [-0.1, -0.05) is 41.9 Å². The number of hydrogen-bond acceptors (Lipinski definition) is 5. The van der Waals surface area contributed by atoms with Gasteiger partial charge in [-0.05, 0) is 11.6 Å². The number of carboxylic acids is 1. The lowest BCUT2D eigenvalue weighted by Crippen LogP contribution is -2.31. The normalized spacial score (nSPS) is 11.4. The third-order valence-corrected chi connectivity index (χ3v) is 3.79. The van der Waals surface area contributed by atoms with Gasteiger partial charge in [0, 0.05) is 22.7 Å². The van der Waals surface area contributed by atoms with Crippen molar-refractivity contribution >= 4 is 29.4 Å². The molecule has 0 radical (unpaired) electrons. The second-order valence-electron chi connectivity index (χ2n) is 5.32. The quantitative estimate of drug-likeness (QED) is 0.560. The van der Waals surface area contributed by atoms with Crippen molar-refractivity contribution in [1.82, 2.24) is 5.32 Å². The fraction of sp³-hybridized carbons (Fsp3) is 0.176.